The normalized spacial score (nSPS) is 31.6. The summed E-state index contributed by atoms with van der Waals surface area (Å²) in [6.45, 7) is 12.0. The molecule has 33 heavy (non-hydrogen) atoms. The van der Waals surface area contributed by atoms with E-state index in [1.165, 1.54) is 49.7 Å². The Morgan fingerprint density at radius 1 is 1.09 bits per heavy atom. The highest BCUT2D eigenvalue weighted by Crippen LogP contribution is 2.52. The van der Waals surface area contributed by atoms with Crippen molar-refractivity contribution in [3.63, 3.8) is 0 Å². The molecule has 4 rings (SSSR count). The van der Waals surface area contributed by atoms with Gasteiger partial charge in [0.15, 0.2) is 0 Å². The van der Waals surface area contributed by atoms with Crippen LogP contribution in [0.5, 0.6) is 5.75 Å². The molecule has 1 unspecified atom stereocenters. The number of hydrogen-bond acceptors (Lipinski definition) is 5. The molecule has 2 aliphatic heterocycles. The lowest BCUT2D eigenvalue weighted by Crippen LogP contribution is -2.63. The molecule has 1 aliphatic carbocycles. The molecule has 3 aliphatic rings. The van der Waals surface area contributed by atoms with Crippen LogP contribution >= 0.6 is 0 Å². The lowest BCUT2D eigenvalue weighted by Gasteiger charge is -2.53. The Morgan fingerprint density at radius 2 is 1.88 bits per heavy atom. The fourth-order valence-electron chi connectivity index (χ4n) is 6.65. The fourth-order valence-corrected chi connectivity index (χ4v) is 6.65. The van der Waals surface area contributed by atoms with E-state index in [0.29, 0.717) is 12.6 Å². The predicted octanol–water partition coefficient (Wildman–Crippen LogP) is 5.09. The average Bonchev–Trinajstić information content (AvgIpc) is 2.86. The van der Waals surface area contributed by atoms with Crippen LogP contribution < -0.4 is 15.8 Å². The van der Waals surface area contributed by atoms with Gasteiger partial charge in [0.2, 0.25) is 0 Å². The number of rotatable bonds is 9. The van der Waals surface area contributed by atoms with Crippen LogP contribution in [0.4, 0.5) is 0 Å². The first-order valence-corrected chi connectivity index (χ1v) is 13.0. The van der Waals surface area contributed by atoms with Gasteiger partial charge >= 0.3 is 0 Å². The second-order valence-corrected chi connectivity index (χ2v) is 12.3. The van der Waals surface area contributed by atoms with Crippen LogP contribution in [0.25, 0.3) is 0 Å². The van der Waals surface area contributed by atoms with Crippen molar-refractivity contribution in [3.8, 4) is 5.75 Å². The number of nitrogens with two attached hydrogens (primary N) is 1. The second kappa shape index (κ2) is 9.14. The molecule has 2 heterocycles. The minimum atomic E-state index is -0.590. The van der Waals surface area contributed by atoms with Crippen LogP contribution in [-0.2, 0) is 21.3 Å². The standard InChI is InChI=1S/C28H46N2O3/c1-25(2,14-16-33-26(3,4)29)32-17-15-28-12-7-11-27(5)23-19-22(31-6)9-8-20(23)18-21(10-13-28)24(27)30-28/h8-9,19,21,24,30H,7,10-18,29H2,1-6H3/t21-,24-,27+,28?/m0/s1. The van der Waals surface area contributed by atoms with Crippen molar-refractivity contribution in [1.29, 1.82) is 0 Å². The van der Waals surface area contributed by atoms with E-state index in [2.05, 4.69) is 44.3 Å². The van der Waals surface area contributed by atoms with Gasteiger partial charge in [-0.3, -0.25) is 0 Å². The third-order valence-corrected chi connectivity index (χ3v) is 8.63. The topological polar surface area (TPSA) is 65.7 Å². The van der Waals surface area contributed by atoms with Gasteiger partial charge < -0.3 is 25.3 Å². The van der Waals surface area contributed by atoms with Gasteiger partial charge in [-0.15, -0.1) is 0 Å². The third-order valence-electron chi connectivity index (χ3n) is 8.63. The molecule has 3 N–H and O–H groups in total. The molecule has 0 radical (unpaired) electrons. The van der Waals surface area contributed by atoms with Crippen molar-refractivity contribution in [2.45, 2.75) is 114 Å². The Balaban J connectivity index is 1.42. The average molecular weight is 459 g/mol. The molecule has 5 heteroatoms. The van der Waals surface area contributed by atoms with E-state index in [1.54, 1.807) is 7.11 Å². The molecular weight excluding hydrogens is 412 g/mol. The van der Waals surface area contributed by atoms with Gasteiger partial charge in [0.25, 0.3) is 0 Å². The fraction of sp³-hybridized carbons (Fsp3) is 0.786. The molecule has 2 saturated heterocycles. The van der Waals surface area contributed by atoms with Gasteiger partial charge in [-0.2, -0.15) is 0 Å². The van der Waals surface area contributed by atoms with Crippen molar-refractivity contribution in [3.05, 3.63) is 29.3 Å². The summed E-state index contributed by atoms with van der Waals surface area (Å²) in [6, 6.07) is 7.29. The van der Waals surface area contributed by atoms with Crippen LogP contribution in [0.15, 0.2) is 18.2 Å². The van der Waals surface area contributed by atoms with E-state index in [-0.39, 0.29) is 16.6 Å². The zero-order valence-corrected chi connectivity index (χ0v) is 21.8. The molecule has 2 bridgehead atoms. The lowest BCUT2D eigenvalue weighted by atomic mass is 9.60. The zero-order chi connectivity index (χ0) is 23.9. The highest BCUT2D eigenvalue weighted by Gasteiger charge is 2.53. The third kappa shape index (κ3) is 5.42. The molecule has 0 amide bonds. The van der Waals surface area contributed by atoms with Crippen LogP contribution in [-0.4, -0.2) is 43.2 Å². The van der Waals surface area contributed by atoms with Gasteiger partial charge in [0, 0.05) is 23.6 Å². The maximum atomic E-state index is 6.40. The van der Waals surface area contributed by atoms with Gasteiger partial charge in [-0.05, 0) is 102 Å². The Morgan fingerprint density at radius 3 is 2.61 bits per heavy atom. The van der Waals surface area contributed by atoms with Crippen molar-refractivity contribution in [2.75, 3.05) is 20.3 Å². The number of piperidine rings is 1. The van der Waals surface area contributed by atoms with E-state index in [1.807, 2.05) is 13.8 Å². The van der Waals surface area contributed by atoms with Gasteiger partial charge in [-0.25, -0.2) is 0 Å². The molecule has 1 aromatic rings. The number of nitrogens with one attached hydrogen (secondary N) is 1. The van der Waals surface area contributed by atoms with E-state index in [4.69, 9.17) is 19.9 Å². The lowest BCUT2D eigenvalue weighted by molar-refractivity contribution is -0.0759. The summed E-state index contributed by atoms with van der Waals surface area (Å²) < 4.78 is 17.7. The summed E-state index contributed by atoms with van der Waals surface area (Å²) in [5, 5.41) is 4.24. The SMILES string of the molecule is COc1ccc2c(c1)[C@@]1(C)CCCC3(CCOC(C)(C)CCOC(C)(C)N)CC[C@@H](C2)[C@@H]1N3. The molecule has 1 aromatic carbocycles. The number of methoxy groups -OCH3 is 1. The molecule has 5 nitrogen and oxygen atoms in total. The molecule has 4 atom stereocenters. The summed E-state index contributed by atoms with van der Waals surface area (Å²) in [6.07, 6.45) is 9.39. The summed E-state index contributed by atoms with van der Waals surface area (Å²) in [4.78, 5) is 0. The van der Waals surface area contributed by atoms with Gasteiger partial charge in [0.05, 0.1) is 19.3 Å². The smallest absolute Gasteiger partial charge is 0.119 e. The Bertz CT molecular complexity index is 833. The number of fused-ring (bicyclic) bond motifs is 3. The van der Waals surface area contributed by atoms with E-state index >= 15 is 0 Å². The van der Waals surface area contributed by atoms with Crippen molar-refractivity contribution < 1.29 is 14.2 Å². The highest BCUT2D eigenvalue weighted by molar-refractivity contribution is 5.45. The number of hydrogen-bond donors (Lipinski definition) is 2. The van der Waals surface area contributed by atoms with E-state index in [9.17, 15) is 0 Å². The number of benzene rings is 1. The summed E-state index contributed by atoms with van der Waals surface area (Å²) in [5.74, 6) is 1.70. The predicted molar refractivity (Wildman–Crippen MR) is 134 cm³/mol. The zero-order valence-electron chi connectivity index (χ0n) is 21.8. The minimum absolute atomic E-state index is 0.168. The van der Waals surface area contributed by atoms with Gasteiger partial charge in [-0.1, -0.05) is 19.4 Å². The van der Waals surface area contributed by atoms with Crippen LogP contribution in [0.2, 0.25) is 0 Å². The van der Waals surface area contributed by atoms with Crippen molar-refractivity contribution >= 4 is 0 Å². The largest absolute Gasteiger partial charge is 0.497 e. The van der Waals surface area contributed by atoms with Crippen molar-refractivity contribution in [1.82, 2.24) is 5.32 Å². The van der Waals surface area contributed by atoms with Crippen LogP contribution in [0.3, 0.4) is 0 Å². The molecular formula is C28H46N2O3. The molecule has 0 saturated carbocycles. The van der Waals surface area contributed by atoms with Crippen molar-refractivity contribution in [2.24, 2.45) is 11.7 Å². The first kappa shape index (κ1) is 25.0. The quantitative estimate of drug-likeness (QED) is 0.505. The van der Waals surface area contributed by atoms with E-state index in [0.717, 1.165) is 31.1 Å². The second-order valence-electron chi connectivity index (χ2n) is 12.3. The summed E-state index contributed by atoms with van der Waals surface area (Å²) in [7, 11) is 1.77. The Labute approximate surface area is 201 Å². The van der Waals surface area contributed by atoms with Crippen LogP contribution in [0.1, 0.15) is 90.7 Å². The molecule has 2 fully saturated rings. The summed E-state index contributed by atoms with van der Waals surface area (Å²) in [5.41, 5.74) is 8.55. The van der Waals surface area contributed by atoms with Crippen LogP contribution in [0, 0.1) is 5.92 Å². The first-order chi connectivity index (χ1) is 15.5. The maximum Gasteiger partial charge on any atom is 0.119 e. The monoisotopic (exact) mass is 458 g/mol. The molecule has 0 aromatic heterocycles. The Kier molecular flexibility index (Phi) is 6.92. The van der Waals surface area contributed by atoms with E-state index < -0.39 is 5.72 Å². The Hall–Kier alpha value is -1.14. The first-order valence-electron chi connectivity index (χ1n) is 13.0. The summed E-state index contributed by atoms with van der Waals surface area (Å²) >= 11 is 0. The molecule has 186 valence electrons. The van der Waals surface area contributed by atoms with Gasteiger partial charge in [0.1, 0.15) is 11.5 Å². The number of ether oxygens (including phenoxy) is 3. The molecule has 0 spiro atoms. The maximum absolute atomic E-state index is 6.40. The highest BCUT2D eigenvalue weighted by atomic mass is 16.5. The minimum Gasteiger partial charge on any atom is -0.497 e.